The minimum absolute atomic E-state index is 0. The maximum atomic E-state index is 12.1. The lowest BCUT2D eigenvalue weighted by Crippen LogP contribution is -2.14. The van der Waals surface area contributed by atoms with E-state index in [1.807, 2.05) is 0 Å². The number of aldehydes is 1. The zero-order valence-corrected chi connectivity index (χ0v) is 27.5. The van der Waals surface area contributed by atoms with Crippen molar-refractivity contribution in [1.29, 1.82) is 0 Å². The third-order valence-electron chi connectivity index (χ3n) is 6.64. The molecule has 0 radical (unpaired) electrons. The molecule has 0 saturated carbocycles. The predicted octanol–water partition coefficient (Wildman–Crippen LogP) is 3.22. The number of nitrogens with two attached hydrogens (primary N) is 1. The molecular weight excluding hydrogens is 708 g/mol. The fourth-order valence-electron chi connectivity index (χ4n) is 3.78. The molecule has 0 saturated heterocycles. The third kappa shape index (κ3) is 13.8. The lowest BCUT2D eigenvalue weighted by molar-refractivity contribution is -0.124. The summed E-state index contributed by atoms with van der Waals surface area (Å²) >= 11 is 0. The number of phenols is 6. The molecule has 0 unspecified atom stereocenters. The average molecular weight is 747 g/mol. The third-order valence-corrected chi connectivity index (χ3v) is 6.64. The SMILES string of the molecule is C.NCC(=O)c1ccc(/C=C/C(=O)NO)cc1.O=C(/C=C/c1ccc(C(=O)CN=Cc2ccc(O)c(O)c2O)cc1)NO.O=Cc1ccc(O)c(O)c1O. The van der Waals surface area contributed by atoms with E-state index in [9.17, 15) is 39.3 Å². The molecule has 12 N–H and O–H groups in total. The van der Waals surface area contributed by atoms with Gasteiger partial charge in [-0.2, -0.15) is 0 Å². The van der Waals surface area contributed by atoms with Gasteiger partial charge in [-0.3, -0.25) is 39.4 Å². The molecule has 0 spiro atoms. The summed E-state index contributed by atoms with van der Waals surface area (Å²) in [6.45, 7) is -0.203. The first-order chi connectivity index (χ1) is 25.3. The van der Waals surface area contributed by atoms with E-state index in [2.05, 4.69) is 4.99 Å². The maximum Gasteiger partial charge on any atom is 0.267 e. The lowest BCUT2D eigenvalue weighted by atomic mass is 10.1. The zero-order valence-electron chi connectivity index (χ0n) is 27.5. The molecule has 0 aromatic heterocycles. The van der Waals surface area contributed by atoms with Crippen molar-refractivity contribution in [2.24, 2.45) is 10.7 Å². The fourth-order valence-corrected chi connectivity index (χ4v) is 3.78. The number of ketones is 2. The van der Waals surface area contributed by atoms with Crippen molar-refractivity contribution >= 4 is 48.0 Å². The molecule has 0 bridgehead atoms. The molecule has 0 aliphatic rings. The fraction of sp³-hybridized carbons (Fsp3) is 0.0811. The number of Topliss-reactive ketones (excluding diaryl/α,β-unsaturated/α-hetero) is 2. The van der Waals surface area contributed by atoms with Crippen LogP contribution in [0.4, 0.5) is 0 Å². The van der Waals surface area contributed by atoms with Crippen molar-refractivity contribution in [1.82, 2.24) is 11.0 Å². The van der Waals surface area contributed by atoms with Gasteiger partial charge < -0.3 is 36.4 Å². The molecule has 4 aromatic rings. The number of carbonyl (C=O) groups is 5. The minimum Gasteiger partial charge on any atom is -0.504 e. The molecule has 4 rings (SSSR count). The summed E-state index contributed by atoms with van der Waals surface area (Å²) in [5, 5.41) is 71.6. The van der Waals surface area contributed by atoms with Crippen LogP contribution < -0.4 is 16.7 Å². The Labute approximate surface area is 307 Å². The Morgan fingerprint density at radius 3 is 1.41 bits per heavy atom. The summed E-state index contributed by atoms with van der Waals surface area (Å²) in [6, 6.07) is 17.9. The molecule has 0 atom stereocenters. The number of aromatic hydroxyl groups is 6. The summed E-state index contributed by atoms with van der Waals surface area (Å²) < 4.78 is 0. The highest BCUT2D eigenvalue weighted by Gasteiger charge is 2.11. The second kappa shape index (κ2) is 22.5. The summed E-state index contributed by atoms with van der Waals surface area (Å²) in [4.78, 5) is 58.9. The van der Waals surface area contributed by atoms with Crippen LogP contribution in [0.3, 0.4) is 0 Å². The van der Waals surface area contributed by atoms with Gasteiger partial charge in [-0.1, -0.05) is 56.0 Å². The summed E-state index contributed by atoms with van der Waals surface area (Å²) in [7, 11) is 0. The number of nitrogens with zero attached hydrogens (tertiary/aromatic N) is 1. The van der Waals surface area contributed by atoms with Crippen molar-refractivity contribution < 1.29 is 65.0 Å². The standard InChI is InChI=1S/C18H16N2O6.C11H12N2O3.C7H6O4.CH4/c21-14-7-6-13(17(24)18(14)25)9-19-10-15(22)12-4-1-11(2-5-12)3-8-16(23)20-26;12-7-10(14)9-4-1-8(2-5-9)3-6-11(15)13-16;8-3-4-1-2-5(9)7(11)6(4)10;/h1-9,21,24-26H,10H2,(H,20,23);1-6,16H,7,12H2,(H,13,15);1-3,9-11H;1H4/b8-3+,19-9?;6-3+;;. The number of carbonyl (C=O) groups excluding carboxylic acids is 5. The highest BCUT2D eigenvalue weighted by Crippen LogP contribution is 2.36. The van der Waals surface area contributed by atoms with Gasteiger partial charge in [0.1, 0.15) is 6.54 Å². The number of hydrogen-bond donors (Lipinski definition) is 11. The Kier molecular flexibility index (Phi) is 18.6. The van der Waals surface area contributed by atoms with Gasteiger partial charge in [0.2, 0.25) is 11.5 Å². The average Bonchev–Trinajstić information content (AvgIpc) is 3.18. The molecule has 17 heteroatoms. The Hall–Kier alpha value is -7.34. The van der Waals surface area contributed by atoms with Crippen LogP contribution in [0.25, 0.3) is 12.2 Å². The molecule has 2 amide bonds. The van der Waals surface area contributed by atoms with Crippen LogP contribution in [0.15, 0.2) is 89.9 Å². The monoisotopic (exact) mass is 746 g/mol. The van der Waals surface area contributed by atoms with Crippen molar-refractivity contribution in [3.63, 3.8) is 0 Å². The highest BCUT2D eigenvalue weighted by molar-refractivity contribution is 5.99. The first-order valence-electron chi connectivity index (χ1n) is 14.9. The van der Waals surface area contributed by atoms with Crippen molar-refractivity contribution in [3.8, 4) is 34.5 Å². The van der Waals surface area contributed by atoms with Gasteiger partial charge in [-0.25, -0.2) is 11.0 Å². The van der Waals surface area contributed by atoms with E-state index in [1.165, 1.54) is 53.6 Å². The van der Waals surface area contributed by atoms with Gasteiger partial charge in [0.05, 0.1) is 12.1 Å². The number of rotatable bonds is 11. The van der Waals surface area contributed by atoms with Crippen molar-refractivity contribution in [2.45, 2.75) is 7.43 Å². The Bertz CT molecular complexity index is 2010. The molecule has 0 fully saturated rings. The van der Waals surface area contributed by atoms with Gasteiger partial charge in [-0.05, 0) is 47.5 Å². The molecule has 0 aliphatic carbocycles. The van der Waals surface area contributed by atoms with E-state index in [0.717, 1.165) is 17.7 Å². The van der Waals surface area contributed by atoms with Crippen LogP contribution in [0.1, 0.15) is 55.2 Å². The number of aliphatic imine (C=N–C) groups is 1. The van der Waals surface area contributed by atoms with Crippen LogP contribution in [0.2, 0.25) is 0 Å². The lowest BCUT2D eigenvalue weighted by Gasteiger charge is -2.03. The molecule has 284 valence electrons. The molecule has 17 nitrogen and oxygen atoms in total. The number of benzene rings is 4. The van der Waals surface area contributed by atoms with Crippen LogP contribution >= 0.6 is 0 Å². The van der Waals surface area contributed by atoms with E-state index in [4.69, 9.17) is 31.5 Å². The zero-order chi connectivity index (χ0) is 39.5. The molecule has 0 aliphatic heterocycles. The van der Waals surface area contributed by atoms with E-state index in [-0.39, 0.29) is 43.2 Å². The highest BCUT2D eigenvalue weighted by atomic mass is 16.5. The van der Waals surface area contributed by atoms with Crippen LogP contribution in [-0.4, -0.2) is 90.0 Å². The summed E-state index contributed by atoms with van der Waals surface area (Å²) in [6.07, 6.45) is 6.91. The Morgan fingerprint density at radius 2 is 1.00 bits per heavy atom. The van der Waals surface area contributed by atoms with Crippen LogP contribution in [0, 0.1) is 0 Å². The first kappa shape index (κ1) is 44.7. The van der Waals surface area contributed by atoms with Crippen molar-refractivity contribution in [2.75, 3.05) is 13.1 Å². The summed E-state index contributed by atoms with van der Waals surface area (Å²) in [5.74, 6) is -5.03. The second-order valence-electron chi connectivity index (χ2n) is 10.2. The van der Waals surface area contributed by atoms with E-state index < -0.39 is 46.3 Å². The minimum atomic E-state index is -0.672. The topological polar surface area (TPSA) is 310 Å². The molecule has 4 aromatic carbocycles. The van der Waals surface area contributed by atoms with Crippen LogP contribution in [0.5, 0.6) is 34.5 Å². The van der Waals surface area contributed by atoms with Gasteiger partial charge in [0.25, 0.3) is 11.8 Å². The van der Waals surface area contributed by atoms with Gasteiger partial charge in [0.15, 0.2) is 40.9 Å². The number of hydrogen-bond acceptors (Lipinski definition) is 15. The maximum absolute atomic E-state index is 12.1. The molecular formula is C37H38N4O13. The predicted molar refractivity (Wildman–Crippen MR) is 196 cm³/mol. The number of phenolic OH excluding ortho intramolecular Hbond substituents is 6. The largest absolute Gasteiger partial charge is 0.504 e. The first-order valence-corrected chi connectivity index (χ1v) is 14.9. The number of amides is 2. The quantitative estimate of drug-likeness (QED) is 0.0200. The Balaban J connectivity index is 0.000000443. The normalized spacial score (nSPS) is 10.4. The summed E-state index contributed by atoms with van der Waals surface area (Å²) in [5.41, 5.74) is 10.6. The van der Waals surface area contributed by atoms with Gasteiger partial charge in [-0.15, -0.1) is 0 Å². The molecule has 54 heavy (non-hydrogen) atoms. The second-order valence-corrected chi connectivity index (χ2v) is 10.2. The smallest absolute Gasteiger partial charge is 0.267 e. The molecule has 0 heterocycles. The van der Waals surface area contributed by atoms with Gasteiger partial charge in [0, 0.05) is 35.1 Å². The number of nitrogens with one attached hydrogen (secondary N) is 2. The van der Waals surface area contributed by atoms with E-state index in [0.29, 0.717) is 23.0 Å². The van der Waals surface area contributed by atoms with Crippen LogP contribution in [-0.2, 0) is 9.59 Å². The number of hydroxylamine groups is 2. The Morgan fingerprint density at radius 1 is 0.593 bits per heavy atom. The van der Waals surface area contributed by atoms with E-state index >= 15 is 0 Å². The van der Waals surface area contributed by atoms with Gasteiger partial charge >= 0.3 is 0 Å². The van der Waals surface area contributed by atoms with Crippen molar-refractivity contribution in [3.05, 3.63) is 118 Å². The van der Waals surface area contributed by atoms with E-state index in [1.54, 1.807) is 48.5 Å².